The number of methoxy groups -OCH3 is 1. The van der Waals surface area contributed by atoms with Gasteiger partial charge in [-0.25, -0.2) is 14.2 Å². The summed E-state index contributed by atoms with van der Waals surface area (Å²) in [6.07, 6.45) is 0.942. The normalized spacial score (nSPS) is 18.2. The molecule has 1 aliphatic heterocycles. The van der Waals surface area contributed by atoms with Crippen LogP contribution in [-0.4, -0.2) is 62.0 Å². The monoisotopic (exact) mass is 430 g/mol. The molecule has 0 bridgehead atoms. The molecule has 1 aromatic heterocycles. The van der Waals surface area contributed by atoms with Gasteiger partial charge in [-0.3, -0.25) is 0 Å². The number of halogens is 1. The molecule has 7 nitrogen and oxygen atoms in total. The molecule has 2 aromatic rings. The van der Waals surface area contributed by atoms with Crippen molar-refractivity contribution < 1.29 is 18.7 Å². The maximum atomic E-state index is 13.4. The summed E-state index contributed by atoms with van der Waals surface area (Å²) in [7, 11) is 1.36. The number of rotatable bonds is 9. The molecule has 8 heteroatoms. The Kier molecular flexibility index (Phi) is 8.20. The number of amides is 1. The van der Waals surface area contributed by atoms with Gasteiger partial charge in [0.25, 0.3) is 0 Å². The molecule has 0 spiro atoms. The fourth-order valence-electron chi connectivity index (χ4n) is 3.94. The molecule has 0 saturated carbocycles. The van der Waals surface area contributed by atoms with Gasteiger partial charge in [-0.2, -0.15) is 0 Å². The number of nitrogens with two attached hydrogens (primary N) is 1. The Morgan fingerprint density at radius 2 is 2.13 bits per heavy atom. The minimum Gasteiger partial charge on any atom is -0.453 e. The van der Waals surface area contributed by atoms with Crippen LogP contribution in [0.3, 0.4) is 0 Å². The lowest BCUT2D eigenvalue weighted by Crippen LogP contribution is -2.37. The maximum Gasteiger partial charge on any atom is 0.409 e. The zero-order valence-electron chi connectivity index (χ0n) is 18.1. The van der Waals surface area contributed by atoms with Crippen molar-refractivity contribution in [2.24, 2.45) is 5.92 Å². The lowest BCUT2D eigenvalue weighted by Gasteiger charge is -2.24. The van der Waals surface area contributed by atoms with Gasteiger partial charge in [0, 0.05) is 37.8 Å². The smallest absolute Gasteiger partial charge is 0.409 e. The zero-order valence-corrected chi connectivity index (χ0v) is 18.1. The summed E-state index contributed by atoms with van der Waals surface area (Å²) in [6.45, 7) is 4.84. The number of hydrogen-bond donors (Lipinski definition) is 2. The van der Waals surface area contributed by atoms with Gasteiger partial charge in [-0.05, 0) is 55.2 Å². The second-order valence-corrected chi connectivity index (χ2v) is 7.93. The molecule has 3 N–H and O–H groups in total. The standard InChI is InChI=1S/C23H31FN4O3/c1-16-10-20(27-22(25)11-16)13-18-14-26-15-21(18)31-9-8-28(23(29)30-2)7-6-17-4-3-5-19(24)12-17/h3-5,10-12,18,21,26H,6-9,13-15H2,1-2H3,(H2,25,27)/t18-,21+/m1/s1. The third kappa shape index (κ3) is 6.90. The molecular weight excluding hydrogens is 399 g/mol. The van der Waals surface area contributed by atoms with E-state index in [1.807, 2.05) is 19.1 Å². The predicted octanol–water partition coefficient (Wildman–Crippen LogP) is 2.57. The van der Waals surface area contributed by atoms with Crippen LogP contribution in [0.2, 0.25) is 0 Å². The fraction of sp³-hybridized carbons (Fsp3) is 0.478. The minimum absolute atomic E-state index is 0.0336. The highest BCUT2D eigenvalue weighted by molar-refractivity contribution is 5.67. The van der Waals surface area contributed by atoms with E-state index in [1.54, 1.807) is 11.0 Å². The van der Waals surface area contributed by atoms with Crippen molar-refractivity contribution in [1.29, 1.82) is 0 Å². The summed E-state index contributed by atoms with van der Waals surface area (Å²) in [4.78, 5) is 18.2. The Hall–Kier alpha value is -2.71. The van der Waals surface area contributed by atoms with E-state index in [-0.39, 0.29) is 17.8 Å². The van der Waals surface area contributed by atoms with Gasteiger partial charge < -0.3 is 25.4 Å². The van der Waals surface area contributed by atoms with E-state index < -0.39 is 6.09 Å². The highest BCUT2D eigenvalue weighted by Gasteiger charge is 2.28. The van der Waals surface area contributed by atoms with Crippen LogP contribution in [0.1, 0.15) is 16.8 Å². The Morgan fingerprint density at radius 3 is 2.87 bits per heavy atom. The van der Waals surface area contributed by atoms with E-state index in [0.29, 0.717) is 31.9 Å². The molecule has 1 aliphatic rings. The lowest BCUT2D eigenvalue weighted by molar-refractivity contribution is 0.0235. The second-order valence-electron chi connectivity index (χ2n) is 7.93. The average molecular weight is 431 g/mol. The molecule has 2 heterocycles. The van der Waals surface area contributed by atoms with Crippen LogP contribution in [0.5, 0.6) is 0 Å². The molecule has 0 radical (unpaired) electrons. The number of carbonyl (C=O) groups is 1. The van der Waals surface area contributed by atoms with Gasteiger partial charge in [0.2, 0.25) is 0 Å². The molecule has 1 aromatic carbocycles. The first kappa shape index (κ1) is 23.0. The van der Waals surface area contributed by atoms with Gasteiger partial charge in [-0.15, -0.1) is 0 Å². The summed E-state index contributed by atoms with van der Waals surface area (Å²) in [5, 5.41) is 3.37. The number of nitrogens with one attached hydrogen (secondary N) is 1. The summed E-state index contributed by atoms with van der Waals surface area (Å²) in [5.74, 6) is 0.535. The van der Waals surface area contributed by atoms with Crippen LogP contribution in [0.4, 0.5) is 15.0 Å². The number of ether oxygens (including phenoxy) is 2. The zero-order chi connectivity index (χ0) is 22.2. The van der Waals surface area contributed by atoms with Gasteiger partial charge in [-0.1, -0.05) is 12.1 Å². The molecule has 168 valence electrons. The molecule has 0 aliphatic carbocycles. The number of carbonyl (C=O) groups excluding carboxylic acids is 1. The summed E-state index contributed by atoms with van der Waals surface area (Å²) in [5.41, 5.74) is 8.77. The molecule has 1 fully saturated rings. The van der Waals surface area contributed by atoms with Gasteiger partial charge in [0.1, 0.15) is 11.6 Å². The number of hydrogen-bond acceptors (Lipinski definition) is 6. The Morgan fingerprint density at radius 1 is 1.29 bits per heavy atom. The number of nitrogen functional groups attached to an aromatic ring is 1. The Labute approximate surface area is 182 Å². The van der Waals surface area contributed by atoms with Crippen LogP contribution >= 0.6 is 0 Å². The third-order valence-corrected chi connectivity index (χ3v) is 5.48. The number of pyridine rings is 1. The Balaban J connectivity index is 1.50. The van der Waals surface area contributed by atoms with E-state index in [4.69, 9.17) is 15.2 Å². The molecule has 0 unspecified atom stereocenters. The molecule has 2 atom stereocenters. The van der Waals surface area contributed by atoms with Crippen LogP contribution in [0, 0.1) is 18.7 Å². The van der Waals surface area contributed by atoms with E-state index in [1.165, 1.54) is 19.2 Å². The van der Waals surface area contributed by atoms with Crippen molar-refractivity contribution in [3.63, 3.8) is 0 Å². The number of aryl methyl sites for hydroxylation is 1. The third-order valence-electron chi connectivity index (χ3n) is 5.48. The van der Waals surface area contributed by atoms with Gasteiger partial charge in [0.15, 0.2) is 0 Å². The Bertz CT molecular complexity index is 859. The topological polar surface area (TPSA) is 89.7 Å². The lowest BCUT2D eigenvalue weighted by atomic mass is 9.99. The summed E-state index contributed by atoms with van der Waals surface area (Å²) in [6, 6.07) is 10.3. The van der Waals surface area contributed by atoms with Crippen molar-refractivity contribution in [3.8, 4) is 0 Å². The molecule has 1 saturated heterocycles. The van der Waals surface area contributed by atoms with Crippen LogP contribution < -0.4 is 11.1 Å². The molecular formula is C23H31FN4O3. The van der Waals surface area contributed by atoms with E-state index in [2.05, 4.69) is 16.4 Å². The minimum atomic E-state index is -0.416. The van der Waals surface area contributed by atoms with Crippen LogP contribution in [0.25, 0.3) is 0 Å². The van der Waals surface area contributed by atoms with Crippen molar-refractivity contribution in [1.82, 2.24) is 15.2 Å². The largest absolute Gasteiger partial charge is 0.453 e. The predicted molar refractivity (Wildman–Crippen MR) is 117 cm³/mol. The average Bonchev–Trinajstić information content (AvgIpc) is 3.16. The van der Waals surface area contributed by atoms with E-state index >= 15 is 0 Å². The highest BCUT2D eigenvalue weighted by atomic mass is 19.1. The van der Waals surface area contributed by atoms with Crippen molar-refractivity contribution in [2.45, 2.75) is 25.9 Å². The second kappa shape index (κ2) is 11.1. The van der Waals surface area contributed by atoms with Gasteiger partial charge >= 0.3 is 6.09 Å². The maximum absolute atomic E-state index is 13.4. The van der Waals surface area contributed by atoms with Crippen LogP contribution in [-0.2, 0) is 22.3 Å². The number of benzene rings is 1. The number of aromatic nitrogens is 1. The van der Waals surface area contributed by atoms with Gasteiger partial charge in [0.05, 0.1) is 19.8 Å². The summed E-state index contributed by atoms with van der Waals surface area (Å²) < 4.78 is 24.4. The first-order valence-corrected chi connectivity index (χ1v) is 10.6. The number of anilines is 1. The fourth-order valence-corrected chi connectivity index (χ4v) is 3.94. The van der Waals surface area contributed by atoms with E-state index in [0.717, 1.165) is 36.3 Å². The highest BCUT2D eigenvalue weighted by Crippen LogP contribution is 2.19. The molecule has 3 rings (SSSR count). The van der Waals surface area contributed by atoms with Crippen molar-refractivity contribution in [3.05, 3.63) is 59.0 Å². The van der Waals surface area contributed by atoms with Crippen molar-refractivity contribution >= 4 is 11.9 Å². The summed E-state index contributed by atoms with van der Waals surface area (Å²) >= 11 is 0. The molecule has 31 heavy (non-hydrogen) atoms. The van der Waals surface area contributed by atoms with Crippen molar-refractivity contribution in [2.75, 3.05) is 45.6 Å². The molecule has 1 amide bonds. The van der Waals surface area contributed by atoms with Crippen LogP contribution in [0.15, 0.2) is 36.4 Å². The number of nitrogens with zero attached hydrogens (tertiary/aromatic N) is 2. The first-order valence-electron chi connectivity index (χ1n) is 10.6. The first-order chi connectivity index (χ1) is 14.9. The SMILES string of the molecule is COC(=O)N(CCO[C@H]1CNC[C@H]1Cc1cc(C)cc(N)n1)CCc1cccc(F)c1. The quantitative estimate of drug-likeness (QED) is 0.636. The van der Waals surface area contributed by atoms with E-state index in [9.17, 15) is 9.18 Å².